The molecule has 3 aromatic rings. The summed E-state index contributed by atoms with van der Waals surface area (Å²) in [7, 11) is 0. The van der Waals surface area contributed by atoms with E-state index in [-0.39, 0.29) is 28.3 Å². The van der Waals surface area contributed by atoms with E-state index in [2.05, 4.69) is 4.98 Å². The van der Waals surface area contributed by atoms with E-state index in [1.807, 2.05) is 0 Å². The minimum Gasteiger partial charge on any atom is -0.325 e. The molecule has 0 saturated carbocycles. The Balaban J connectivity index is 2.23. The number of hydrogen-bond donors (Lipinski definition) is 1. The van der Waals surface area contributed by atoms with E-state index < -0.39 is 75.9 Å². The molecular weight excluding hydrogens is 574 g/mol. The first kappa shape index (κ1) is 29.1. The first-order chi connectivity index (χ1) is 17.2. The van der Waals surface area contributed by atoms with E-state index in [4.69, 9.17) is 11.6 Å². The largest absolute Gasteiger partial charge is 0.435 e. The lowest BCUT2D eigenvalue weighted by Crippen LogP contribution is -2.29. The summed E-state index contributed by atoms with van der Waals surface area (Å²) in [6.07, 6.45) is -20.6. The number of aromatic nitrogens is 2. The van der Waals surface area contributed by atoms with E-state index in [0.29, 0.717) is 12.1 Å². The van der Waals surface area contributed by atoms with Crippen molar-refractivity contribution in [2.75, 3.05) is 5.32 Å². The summed E-state index contributed by atoms with van der Waals surface area (Å²) >= 11 is 5.48. The molecule has 0 fully saturated rings. The molecule has 0 radical (unpaired) electrons. The first-order valence-corrected chi connectivity index (χ1v) is 10.2. The maximum absolute atomic E-state index is 13.5. The second-order valence-electron chi connectivity index (χ2n) is 7.56. The summed E-state index contributed by atoms with van der Waals surface area (Å²) in [5, 5.41) is 0.157. The molecule has 0 atom stereocenters. The van der Waals surface area contributed by atoms with Crippen LogP contribution >= 0.6 is 11.6 Å². The van der Waals surface area contributed by atoms with Gasteiger partial charge in [-0.05, 0) is 35.9 Å². The van der Waals surface area contributed by atoms with Crippen molar-refractivity contribution in [3.63, 3.8) is 0 Å². The molecule has 1 aromatic heterocycles. The fourth-order valence-corrected chi connectivity index (χ4v) is 3.39. The van der Waals surface area contributed by atoms with Crippen molar-refractivity contribution in [1.29, 1.82) is 0 Å². The second kappa shape index (κ2) is 9.71. The Kier molecular flexibility index (Phi) is 7.44. The lowest BCUT2D eigenvalue weighted by molar-refractivity contribution is -0.141. The summed E-state index contributed by atoms with van der Waals surface area (Å²) in [4.78, 5) is 15.7. The maximum Gasteiger partial charge on any atom is 0.435 e. The Labute approximate surface area is 208 Å². The number of benzene rings is 2. The van der Waals surface area contributed by atoms with Crippen LogP contribution in [0.5, 0.6) is 0 Å². The third-order valence-corrected chi connectivity index (χ3v) is 5.24. The summed E-state index contributed by atoms with van der Waals surface area (Å²) < 4.78 is 159. The molecule has 0 amide bonds. The number of halogens is 13. The highest BCUT2D eigenvalue weighted by atomic mass is 35.5. The van der Waals surface area contributed by atoms with Crippen molar-refractivity contribution in [3.8, 4) is 0 Å². The Morgan fingerprint density at radius 3 is 1.74 bits per heavy atom. The van der Waals surface area contributed by atoms with Gasteiger partial charge in [0.15, 0.2) is 5.69 Å². The van der Waals surface area contributed by atoms with Crippen LogP contribution in [0.4, 0.5) is 64.3 Å². The van der Waals surface area contributed by atoms with Gasteiger partial charge in [-0.1, -0.05) is 23.7 Å². The summed E-state index contributed by atoms with van der Waals surface area (Å²) in [6.45, 7) is -0.871. The van der Waals surface area contributed by atoms with Crippen LogP contribution in [0, 0.1) is 0 Å². The lowest BCUT2D eigenvalue weighted by atomic mass is 10.1. The molecule has 0 spiro atoms. The lowest BCUT2D eigenvalue weighted by Gasteiger charge is -2.20. The van der Waals surface area contributed by atoms with Crippen molar-refractivity contribution in [2.45, 2.75) is 31.2 Å². The summed E-state index contributed by atoms with van der Waals surface area (Å²) in [5.74, 6) is -1.31. The van der Waals surface area contributed by atoms with Crippen LogP contribution < -0.4 is 10.9 Å². The van der Waals surface area contributed by atoms with Gasteiger partial charge < -0.3 is 5.32 Å². The number of anilines is 2. The molecule has 17 heteroatoms. The van der Waals surface area contributed by atoms with E-state index in [1.165, 1.54) is 0 Å². The van der Waals surface area contributed by atoms with E-state index in [9.17, 15) is 57.5 Å². The van der Waals surface area contributed by atoms with Gasteiger partial charge in [-0.3, -0.25) is 9.36 Å². The maximum atomic E-state index is 13.5. The van der Waals surface area contributed by atoms with Crippen LogP contribution in [-0.2, 0) is 31.2 Å². The zero-order valence-electron chi connectivity index (χ0n) is 18.0. The van der Waals surface area contributed by atoms with Gasteiger partial charge in [-0.25, -0.2) is 4.98 Å². The normalized spacial score (nSPS) is 13.1. The van der Waals surface area contributed by atoms with Gasteiger partial charge in [0.1, 0.15) is 5.02 Å². The zero-order valence-corrected chi connectivity index (χ0v) is 18.7. The van der Waals surface area contributed by atoms with Gasteiger partial charge in [0.25, 0.3) is 5.56 Å². The summed E-state index contributed by atoms with van der Waals surface area (Å²) in [5.41, 5.74) is -9.81. The molecule has 3 rings (SSSR count). The minimum absolute atomic E-state index is 0.0179. The van der Waals surface area contributed by atoms with Gasteiger partial charge >= 0.3 is 24.7 Å². The highest BCUT2D eigenvalue weighted by Crippen LogP contribution is 2.40. The van der Waals surface area contributed by atoms with Crippen LogP contribution in [0.1, 0.15) is 27.9 Å². The molecule has 4 nitrogen and oxygen atoms in total. The molecule has 0 aliphatic carbocycles. The predicted octanol–water partition coefficient (Wildman–Crippen LogP) is 7.76. The van der Waals surface area contributed by atoms with Crippen molar-refractivity contribution in [2.24, 2.45) is 0 Å². The smallest absolute Gasteiger partial charge is 0.325 e. The Hall–Kier alpha value is -3.43. The Bertz CT molecular complexity index is 1390. The summed E-state index contributed by atoms with van der Waals surface area (Å²) in [6, 6.07) is 2.79. The molecule has 0 aliphatic rings. The van der Waals surface area contributed by atoms with Crippen molar-refractivity contribution in [3.05, 3.63) is 85.8 Å². The van der Waals surface area contributed by atoms with Crippen LogP contribution in [0.15, 0.2) is 47.3 Å². The van der Waals surface area contributed by atoms with E-state index in [0.717, 1.165) is 12.1 Å². The highest BCUT2D eigenvalue weighted by Gasteiger charge is 2.40. The first-order valence-electron chi connectivity index (χ1n) is 9.78. The molecule has 0 saturated heterocycles. The molecule has 0 aliphatic heterocycles. The molecule has 0 bridgehead atoms. The topological polar surface area (TPSA) is 46.9 Å². The number of nitrogens with zero attached hydrogens (tertiary/aromatic N) is 2. The molecule has 1 heterocycles. The van der Waals surface area contributed by atoms with Gasteiger partial charge in [-0.2, -0.15) is 52.7 Å². The SMILES string of the molecule is O=c1c(Cl)c(C(F)(F)F)nc(Nc2cc(C(F)(F)F)ccc2C(F)(F)F)n1Cc1ccc(C(F)(F)F)cc1. The quantitative estimate of drug-likeness (QED) is 0.319. The van der Waals surface area contributed by atoms with Gasteiger partial charge in [0.05, 0.1) is 28.9 Å². The van der Waals surface area contributed by atoms with E-state index >= 15 is 0 Å². The van der Waals surface area contributed by atoms with Crippen LogP contribution in [0.25, 0.3) is 0 Å². The highest BCUT2D eigenvalue weighted by molar-refractivity contribution is 6.31. The number of hydrogen-bond acceptors (Lipinski definition) is 3. The standard InChI is InChI=1S/C21H10ClF12N3O/c22-14-15(21(32,33)34)36-17(35-13-7-11(19(26,27)28)5-6-12(13)20(29,30)31)37(16(14)38)8-9-1-3-10(4-2-9)18(23,24)25/h1-7H,8H2,(H,35,36). The van der Waals surface area contributed by atoms with Crippen molar-refractivity contribution < 1.29 is 52.7 Å². The van der Waals surface area contributed by atoms with Crippen molar-refractivity contribution in [1.82, 2.24) is 9.55 Å². The second-order valence-corrected chi connectivity index (χ2v) is 7.94. The average molecular weight is 584 g/mol. The van der Waals surface area contributed by atoms with Crippen LogP contribution in [0.2, 0.25) is 5.02 Å². The third-order valence-electron chi connectivity index (χ3n) is 4.90. The Morgan fingerprint density at radius 2 is 1.26 bits per heavy atom. The minimum atomic E-state index is -5.42. The molecule has 206 valence electrons. The molecular formula is C21H10ClF12N3O. The van der Waals surface area contributed by atoms with Crippen molar-refractivity contribution >= 4 is 23.2 Å². The van der Waals surface area contributed by atoms with Crippen LogP contribution in [0.3, 0.4) is 0 Å². The zero-order chi connectivity index (χ0) is 28.8. The van der Waals surface area contributed by atoms with Gasteiger partial charge in [0.2, 0.25) is 5.95 Å². The fraction of sp³-hybridized carbons (Fsp3) is 0.238. The molecule has 38 heavy (non-hydrogen) atoms. The third kappa shape index (κ3) is 6.34. The number of alkyl halides is 12. The molecule has 1 N–H and O–H groups in total. The fourth-order valence-electron chi connectivity index (χ4n) is 3.13. The van der Waals surface area contributed by atoms with Gasteiger partial charge in [-0.15, -0.1) is 0 Å². The number of rotatable bonds is 4. The van der Waals surface area contributed by atoms with E-state index in [1.54, 1.807) is 5.32 Å². The van der Waals surface area contributed by atoms with Gasteiger partial charge in [0, 0.05) is 0 Å². The predicted molar refractivity (Wildman–Crippen MR) is 109 cm³/mol. The Morgan fingerprint density at radius 1 is 0.737 bits per heavy atom. The number of nitrogens with one attached hydrogen (secondary N) is 1. The average Bonchev–Trinajstić information content (AvgIpc) is 2.76. The monoisotopic (exact) mass is 583 g/mol. The van der Waals surface area contributed by atoms with Crippen LogP contribution in [-0.4, -0.2) is 9.55 Å². The molecule has 0 unspecified atom stereocenters. The molecule has 2 aromatic carbocycles.